The summed E-state index contributed by atoms with van der Waals surface area (Å²) in [5.41, 5.74) is 0.116. The number of amides is 1. The van der Waals surface area contributed by atoms with Crippen LogP contribution in [0.1, 0.15) is 101 Å². The summed E-state index contributed by atoms with van der Waals surface area (Å²) in [4.78, 5) is 26.3. The maximum atomic E-state index is 14.4. The number of nitrogens with one attached hydrogen (secondary N) is 1. The fourth-order valence-corrected chi connectivity index (χ4v) is 11.0. The molecule has 1 amide bonds. The van der Waals surface area contributed by atoms with Gasteiger partial charge in [-0.2, -0.15) is 0 Å². The fraction of sp³-hybridized carbons (Fsp3) is 0.760. The Morgan fingerprint density at radius 2 is 1.65 bits per heavy atom. The lowest BCUT2D eigenvalue weighted by Crippen LogP contribution is -2.58. The molecule has 15 nitrogen and oxygen atoms in total. The third-order valence-corrected chi connectivity index (χ3v) is 14.9. The second-order valence-electron chi connectivity index (χ2n) is 19.7. The highest BCUT2D eigenvalue weighted by molar-refractivity contribution is 5.78. The van der Waals surface area contributed by atoms with Gasteiger partial charge in [0.25, 0.3) is 0 Å². The molecule has 65 heavy (non-hydrogen) atoms. The van der Waals surface area contributed by atoms with Crippen molar-refractivity contribution in [2.75, 3.05) is 20.8 Å². The van der Waals surface area contributed by atoms with E-state index in [0.717, 1.165) is 12.0 Å². The first-order valence-electron chi connectivity index (χ1n) is 23.8. The van der Waals surface area contributed by atoms with Crippen molar-refractivity contribution in [2.45, 2.75) is 198 Å². The van der Waals surface area contributed by atoms with Crippen molar-refractivity contribution in [1.29, 1.82) is 0 Å². The summed E-state index contributed by atoms with van der Waals surface area (Å²) < 4.78 is 64.4. The molecule has 20 atom stereocenters. The number of aliphatic hydroxyl groups is 2. The van der Waals surface area contributed by atoms with Crippen LogP contribution in [0.2, 0.25) is 0 Å². The first kappa shape index (κ1) is 50.1. The fourth-order valence-electron chi connectivity index (χ4n) is 11.0. The van der Waals surface area contributed by atoms with Gasteiger partial charge in [-0.3, -0.25) is 9.59 Å². The molecule has 0 aromatic heterocycles. The largest absolute Gasteiger partial charge is 0.462 e. The highest BCUT2D eigenvalue weighted by Crippen LogP contribution is 2.47. The molecule has 6 aliphatic heterocycles. The van der Waals surface area contributed by atoms with Crippen molar-refractivity contribution in [1.82, 2.24) is 5.32 Å². The summed E-state index contributed by atoms with van der Waals surface area (Å²) in [5, 5.41) is 26.7. The number of fused-ring (bicyclic) bond motifs is 2. The molecule has 0 saturated carbocycles. The van der Waals surface area contributed by atoms with Gasteiger partial charge in [0.15, 0.2) is 18.4 Å². The van der Waals surface area contributed by atoms with Crippen molar-refractivity contribution < 1.29 is 67.2 Å². The number of methoxy groups -OCH3 is 2. The van der Waals surface area contributed by atoms with Gasteiger partial charge >= 0.3 is 5.97 Å². The molecule has 4 saturated heterocycles. The molecule has 7 rings (SSSR count). The molecule has 0 aromatic carbocycles. The average Bonchev–Trinajstić information content (AvgIpc) is 3.61. The molecule has 1 spiro atoms. The van der Waals surface area contributed by atoms with Crippen LogP contribution in [0.15, 0.2) is 59.3 Å². The van der Waals surface area contributed by atoms with E-state index in [1.807, 2.05) is 39.0 Å². The summed E-state index contributed by atoms with van der Waals surface area (Å²) in [5.74, 6) is -2.75. The van der Waals surface area contributed by atoms with Crippen LogP contribution in [-0.2, 0) is 57.0 Å². The molecule has 3 N–H and O–H groups in total. The third kappa shape index (κ3) is 10.6. The van der Waals surface area contributed by atoms with E-state index in [4.69, 9.17) is 47.4 Å². The molecule has 364 valence electrons. The van der Waals surface area contributed by atoms with Gasteiger partial charge in [-0.05, 0) is 62.8 Å². The highest BCUT2D eigenvalue weighted by atomic mass is 16.7. The van der Waals surface area contributed by atoms with Crippen LogP contribution >= 0.6 is 0 Å². The van der Waals surface area contributed by atoms with E-state index in [1.165, 1.54) is 6.92 Å². The van der Waals surface area contributed by atoms with Crippen LogP contribution in [0.3, 0.4) is 0 Å². The highest BCUT2D eigenvalue weighted by Gasteiger charge is 2.60. The molecule has 4 fully saturated rings. The van der Waals surface area contributed by atoms with Gasteiger partial charge in [0, 0.05) is 58.7 Å². The Morgan fingerprint density at radius 1 is 0.938 bits per heavy atom. The van der Waals surface area contributed by atoms with E-state index >= 15 is 0 Å². The van der Waals surface area contributed by atoms with E-state index in [1.54, 1.807) is 33.3 Å². The normalized spacial score (nSPS) is 47.3. The predicted octanol–water partition coefficient (Wildman–Crippen LogP) is 5.52. The molecule has 0 aromatic rings. The van der Waals surface area contributed by atoms with Crippen molar-refractivity contribution in [2.24, 2.45) is 23.7 Å². The van der Waals surface area contributed by atoms with Crippen LogP contribution < -0.4 is 5.32 Å². The number of rotatable bonds is 9. The Bertz CT molecular complexity index is 1850. The lowest BCUT2D eigenvalue weighted by molar-refractivity contribution is -0.311. The van der Waals surface area contributed by atoms with Crippen LogP contribution in [0.25, 0.3) is 0 Å². The monoisotopic (exact) mass is 914 g/mol. The Labute approximate surface area is 385 Å². The number of ether oxygens (including phenoxy) is 10. The topological polar surface area (TPSA) is 179 Å². The average molecular weight is 914 g/mol. The van der Waals surface area contributed by atoms with Gasteiger partial charge in [0.1, 0.15) is 35.9 Å². The zero-order valence-corrected chi connectivity index (χ0v) is 40.2. The minimum absolute atomic E-state index is 0.0270. The molecular formula is C50H75NO14. The maximum absolute atomic E-state index is 14.4. The summed E-state index contributed by atoms with van der Waals surface area (Å²) in [6.45, 7) is 17.7. The quantitative estimate of drug-likeness (QED) is 0.195. The Balaban J connectivity index is 1.16. The van der Waals surface area contributed by atoms with Gasteiger partial charge in [0.05, 0.1) is 55.4 Å². The maximum Gasteiger partial charge on any atom is 0.316 e. The Morgan fingerprint density at radius 3 is 2.35 bits per heavy atom. The second-order valence-corrected chi connectivity index (χ2v) is 19.7. The van der Waals surface area contributed by atoms with Crippen molar-refractivity contribution in [3.05, 3.63) is 59.3 Å². The SMILES string of the molecule is CC[C@H](C)[C@H]1O[C@]2(C=C[C@@H]1C)C[C@H]1C[C@@H](C/C=C(\C)[C@@H](O[C@H]3C[C@H](OC)[C@@H](O[C@H]4C[C@H](OC)[C@@H](NC(C)=O)[C@H](C)O4)[C@H](C)O3)[C@@H](C)/C=C/C=C3\CO[C@H]4[C@H](O)C(C)=C[C@@H](C(=O)O1)[C@]34O)O2. The summed E-state index contributed by atoms with van der Waals surface area (Å²) in [6.07, 6.45) is 9.46. The third-order valence-electron chi connectivity index (χ3n) is 14.9. The van der Waals surface area contributed by atoms with Gasteiger partial charge < -0.3 is 62.9 Å². The number of hydrogen-bond donors (Lipinski definition) is 3. The zero-order chi connectivity index (χ0) is 47.0. The van der Waals surface area contributed by atoms with Crippen LogP contribution in [0, 0.1) is 23.7 Å². The van der Waals surface area contributed by atoms with Crippen LogP contribution in [0.5, 0.6) is 0 Å². The molecule has 2 bridgehead atoms. The van der Waals surface area contributed by atoms with Gasteiger partial charge in [0.2, 0.25) is 5.91 Å². The van der Waals surface area contributed by atoms with Crippen molar-refractivity contribution in [3.8, 4) is 0 Å². The smallest absolute Gasteiger partial charge is 0.316 e. The lowest BCUT2D eigenvalue weighted by atomic mass is 9.71. The molecule has 0 unspecified atom stereocenters. The molecule has 15 heteroatoms. The summed E-state index contributed by atoms with van der Waals surface area (Å²) in [7, 11) is 3.27. The first-order chi connectivity index (χ1) is 30.9. The van der Waals surface area contributed by atoms with Gasteiger partial charge in [-0.25, -0.2) is 0 Å². The van der Waals surface area contributed by atoms with Crippen molar-refractivity contribution in [3.63, 3.8) is 0 Å². The van der Waals surface area contributed by atoms with Crippen molar-refractivity contribution >= 4 is 11.9 Å². The predicted molar refractivity (Wildman–Crippen MR) is 239 cm³/mol. The van der Waals surface area contributed by atoms with Gasteiger partial charge in [-0.15, -0.1) is 0 Å². The van der Waals surface area contributed by atoms with Crippen LogP contribution in [0.4, 0.5) is 0 Å². The van der Waals surface area contributed by atoms with Crippen LogP contribution in [-0.4, -0.2) is 140 Å². The number of hydrogen-bond acceptors (Lipinski definition) is 14. The Hall–Kier alpha value is -2.80. The van der Waals surface area contributed by atoms with E-state index in [0.29, 0.717) is 36.8 Å². The second kappa shape index (κ2) is 20.8. The minimum Gasteiger partial charge on any atom is -0.462 e. The van der Waals surface area contributed by atoms with E-state index in [-0.39, 0.29) is 61.0 Å². The first-order valence-corrected chi connectivity index (χ1v) is 23.8. The molecule has 7 aliphatic rings. The zero-order valence-electron chi connectivity index (χ0n) is 40.2. The van der Waals surface area contributed by atoms with Gasteiger partial charge in [-0.1, -0.05) is 70.6 Å². The standard InChI is InChI=1S/C50H75NO14/c1-12-26(2)45-29(5)18-19-49(65-45)24-36-21-35(64-49)17-16-28(4)44(27(3)14-13-15-34-25-58-47-43(53)30(6)20-37(48(54)61-36)50(34,47)55)62-41-23-39(57-11)46(32(8)60-41)63-40-22-38(56-10)42(31(7)59-40)51-33(9)52/h13-16,18-20,26-27,29,31-32,35-47,53,55H,12,17,21-25H2,1-11H3,(H,51,52)/b14-13+,28-16+,34-15+/t26-,27-,29-,31-,32-,35+,36+,37-,38-,39-,40-,41-,42-,43+,44-,45+,46-,47-,49+,50+/m0/s1. The number of allylic oxidation sites excluding steroid dienone is 2. The summed E-state index contributed by atoms with van der Waals surface area (Å²) >= 11 is 0. The molecular weight excluding hydrogens is 839 g/mol. The molecule has 0 radical (unpaired) electrons. The van der Waals surface area contributed by atoms with E-state index in [2.05, 4.69) is 45.2 Å². The minimum atomic E-state index is -1.84. The Kier molecular flexibility index (Phi) is 16.0. The van der Waals surface area contributed by atoms with E-state index < -0.39 is 84.7 Å². The molecule has 1 aliphatic carbocycles. The number of carbonyl (C=O) groups is 2. The number of aliphatic hydroxyl groups excluding tert-OH is 1. The number of carbonyl (C=O) groups excluding carboxylic acids is 2. The lowest BCUT2D eigenvalue weighted by Gasteiger charge is -2.48. The number of esters is 1. The molecule has 6 heterocycles. The van der Waals surface area contributed by atoms with E-state index in [9.17, 15) is 19.8 Å². The summed E-state index contributed by atoms with van der Waals surface area (Å²) in [6, 6.07) is -0.315.